The molecule has 2 aromatic heterocycles. The topological polar surface area (TPSA) is 74.1 Å². The van der Waals surface area contributed by atoms with E-state index >= 15 is 0 Å². The van der Waals surface area contributed by atoms with Gasteiger partial charge in [-0.3, -0.25) is 4.79 Å². The summed E-state index contributed by atoms with van der Waals surface area (Å²) in [5, 5.41) is 4.51. The standard InChI is InChI=1S/C13H11BrClN3O3/c1-2-21-13(20)10-6-9(11(19)7-14)17-18(10)12-8(15)4-3-5-16-12/h3-6H,2,7H2,1H3. The number of ether oxygens (including phenoxy) is 1. The molecule has 0 spiro atoms. The third kappa shape index (κ3) is 3.30. The van der Waals surface area contributed by atoms with Crippen molar-refractivity contribution in [3.63, 3.8) is 0 Å². The van der Waals surface area contributed by atoms with Gasteiger partial charge in [0.15, 0.2) is 17.3 Å². The van der Waals surface area contributed by atoms with Crippen LogP contribution in [0.25, 0.3) is 5.82 Å². The molecule has 0 aromatic carbocycles. The van der Waals surface area contributed by atoms with Gasteiger partial charge in [0.05, 0.1) is 17.0 Å². The number of pyridine rings is 1. The fraction of sp³-hybridized carbons (Fsp3) is 0.231. The lowest BCUT2D eigenvalue weighted by Crippen LogP contribution is -2.13. The Labute approximate surface area is 134 Å². The second kappa shape index (κ2) is 6.82. The fourth-order valence-electron chi connectivity index (χ4n) is 1.63. The second-order valence-corrected chi connectivity index (χ2v) is 4.88. The number of ketones is 1. The molecule has 2 rings (SSSR count). The minimum atomic E-state index is -0.597. The zero-order valence-corrected chi connectivity index (χ0v) is 13.4. The van der Waals surface area contributed by atoms with Crippen molar-refractivity contribution in [2.45, 2.75) is 6.92 Å². The SMILES string of the molecule is CCOC(=O)c1cc(C(=O)CBr)nn1-c1ncccc1Cl. The van der Waals surface area contributed by atoms with Crippen molar-refractivity contribution in [3.8, 4) is 5.82 Å². The quantitative estimate of drug-likeness (QED) is 0.458. The Bertz CT molecular complexity index is 687. The largest absolute Gasteiger partial charge is 0.461 e. The van der Waals surface area contributed by atoms with Crippen LogP contribution in [0.3, 0.4) is 0 Å². The van der Waals surface area contributed by atoms with E-state index in [1.165, 1.54) is 16.9 Å². The van der Waals surface area contributed by atoms with Crippen molar-refractivity contribution in [3.05, 3.63) is 40.8 Å². The average Bonchev–Trinajstić information content (AvgIpc) is 2.92. The molecule has 0 aliphatic heterocycles. The van der Waals surface area contributed by atoms with Crippen LogP contribution in [0.5, 0.6) is 0 Å². The first-order valence-electron chi connectivity index (χ1n) is 6.05. The highest BCUT2D eigenvalue weighted by Crippen LogP contribution is 2.20. The summed E-state index contributed by atoms with van der Waals surface area (Å²) >= 11 is 9.13. The highest BCUT2D eigenvalue weighted by Gasteiger charge is 2.22. The van der Waals surface area contributed by atoms with Gasteiger partial charge in [-0.2, -0.15) is 5.10 Å². The zero-order chi connectivity index (χ0) is 15.4. The molecule has 0 atom stereocenters. The Hall–Kier alpha value is -1.73. The van der Waals surface area contributed by atoms with Gasteiger partial charge in [0.25, 0.3) is 0 Å². The van der Waals surface area contributed by atoms with Gasteiger partial charge in [0, 0.05) is 12.3 Å². The summed E-state index contributed by atoms with van der Waals surface area (Å²) < 4.78 is 6.18. The molecular formula is C13H11BrClN3O3. The molecule has 2 heterocycles. The van der Waals surface area contributed by atoms with E-state index in [-0.39, 0.29) is 34.9 Å². The molecule has 0 aliphatic rings. The van der Waals surface area contributed by atoms with Crippen molar-refractivity contribution < 1.29 is 14.3 Å². The van der Waals surface area contributed by atoms with Crippen LogP contribution in [0.2, 0.25) is 5.02 Å². The number of Topliss-reactive ketones (excluding diaryl/α,β-unsaturated/α-hetero) is 1. The van der Waals surface area contributed by atoms with E-state index in [9.17, 15) is 9.59 Å². The molecule has 8 heteroatoms. The van der Waals surface area contributed by atoms with Gasteiger partial charge in [-0.1, -0.05) is 27.5 Å². The molecule has 6 nitrogen and oxygen atoms in total. The number of aromatic nitrogens is 3. The maximum Gasteiger partial charge on any atom is 0.357 e. The monoisotopic (exact) mass is 371 g/mol. The third-order valence-corrected chi connectivity index (χ3v) is 3.34. The number of hydrogen-bond acceptors (Lipinski definition) is 5. The first kappa shape index (κ1) is 15.7. The van der Waals surface area contributed by atoms with Gasteiger partial charge in [-0.25, -0.2) is 14.5 Å². The van der Waals surface area contributed by atoms with Crippen LogP contribution in [0.1, 0.15) is 27.9 Å². The summed E-state index contributed by atoms with van der Waals surface area (Å²) in [5.74, 6) is -0.595. The Balaban J connectivity index is 2.57. The number of esters is 1. The van der Waals surface area contributed by atoms with E-state index < -0.39 is 5.97 Å². The van der Waals surface area contributed by atoms with E-state index in [0.717, 1.165) is 0 Å². The number of nitrogens with zero attached hydrogens (tertiary/aromatic N) is 3. The molecule has 0 radical (unpaired) electrons. The van der Waals surface area contributed by atoms with Gasteiger partial charge < -0.3 is 4.74 Å². The number of alkyl halides is 1. The van der Waals surface area contributed by atoms with E-state index in [1.807, 2.05) is 0 Å². The summed E-state index contributed by atoms with van der Waals surface area (Å²) in [6.07, 6.45) is 1.52. The second-order valence-electron chi connectivity index (χ2n) is 3.91. The number of halogens is 2. The van der Waals surface area contributed by atoms with Crippen molar-refractivity contribution in [2.24, 2.45) is 0 Å². The molecule has 21 heavy (non-hydrogen) atoms. The molecular weight excluding hydrogens is 362 g/mol. The minimum Gasteiger partial charge on any atom is -0.461 e. The summed E-state index contributed by atoms with van der Waals surface area (Å²) in [5.41, 5.74) is 0.235. The van der Waals surface area contributed by atoms with Crippen LogP contribution in [0.15, 0.2) is 24.4 Å². The molecule has 0 unspecified atom stereocenters. The maximum atomic E-state index is 12.0. The molecule has 0 amide bonds. The van der Waals surface area contributed by atoms with Crippen LogP contribution in [0.4, 0.5) is 0 Å². The zero-order valence-electron chi connectivity index (χ0n) is 11.0. The molecule has 2 aromatic rings. The molecule has 0 saturated carbocycles. The Kier molecular flexibility index (Phi) is 5.08. The average molecular weight is 373 g/mol. The Morgan fingerprint density at radius 1 is 1.48 bits per heavy atom. The van der Waals surface area contributed by atoms with Gasteiger partial charge in [-0.15, -0.1) is 0 Å². The normalized spacial score (nSPS) is 10.4. The minimum absolute atomic E-state index is 0.0988. The molecule has 0 aliphatic carbocycles. The summed E-state index contributed by atoms with van der Waals surface area (Å²) in [6, 6.07) is 4.64. The molecule has 0 fully saturated rings. The van der Waals surface area contributed by atoms with Crippen LogP contribution in [-0.4, -0.2) is 38.5 Å². The predicted molar refractivity (Wildman–Crippen MR) is 80.5 cm³/mol. The molecule has 0 N–H and O–H groups in total. The van der Waals surface area contributed by atoms with Crippen LogP contribution < -0.4 is 0 Å². The number of hydrogen-bond donors (Lipinski definition) is 0. The Morgan fingerprint density at radius 2 is 2.24 bits per heavy atom. The van der Waals surface area contributed by atoms with E-state index in [4.69, 9.17) is 16.3 Å². The van der Waals surface area contributed by atoms with Gasteiger partial charge in [-0.05, 0) is 19.1 Å². The fourth-order valence-corrected chi connectivity index (χ4v) is 2.12. The number of carbonyl (C=O) groups is 2. The highest BCUT2D eigenvalue weighted by atomic mass is 79.9. The molecule has 0 saturated heterocycles. The number of rotatable bonds is 5. The van der Waals surface area contributed by atoms with Crippen molar-refractivity contribution in [1.29, 1.82) is 0 Å². The van der Waals surface area contributed by atoms with Crippen molar-refractivity contribution in [2.75, 3.05) is 11.9 Å². The van der Waals surface area contributed by atoms with Crippen molar-refractivity contribution >= 4 is 39.3 Å². The maximum absolute atomic E-state index is 12.0. The lowest BCUT2D eigenvalue weighted by Gasteiger charge is -2.06. The summed E-state index contributed by atoms with van der Waals surface area (Å²) in [6.45, 7) is 1.90. The molecule has 110 valence electrons. The summed E-state index contributed by atoms with van der Waals surface area (Å²) in [4.78, 5) is 27.8. The van der Waals surface area contributed by atoms with Gasteiger partial charge in [0.2, 0.25) is 0 Å². The van der Waals surface area contributed by atoms with Crippen LogP contribution >= 0.6 is 27.5 Å². The van der Waals surface area contributed by atoms with E-state index in [0.29, 0.717) is 5.02 Å². The van der Waals surface area contributed by atoms with Crippen LogP contribution in [0, 0.1) is 0 Å². The third-order valence-electron chi connectivity index (χ3n) is 2.54. The van der Waals surface area contributed by atoms with Crippen molar-refractivity contribution in [1.82, 2.24) is 14.8 Å². The first-order chi connectivity index (χ1) is 10.1. The lowest BCUT2D eigenvalue weighted by atomic mass is 10.3. The predicted octanol–water partition coefficient (Wildman–Crippen LogP) is 2.68. The highest BCUT2D eigenvalue weighted by molar-refractivity contribution is 9.09. The van der Waals surface area contributed by atoms with E-state index in [2.05, 4.69) is 26.0 Å². The van der Waals surface area contributed by atoms with E-state index in [1.54, 1.807) is 19.1 Å². The van der Waals surface area contributed by atoms with Crippen LogP contribution in [-0.2, 0) is 4.74 Å². The first-order valence-corrected chi connectivity index (χ1v) is 7.55. The lowest BCUT2D eigenvalue weighted by molar-refractivity contribution is 0.0515. The van der Waals surface area contributed by atoms with Gasteiger partial charge in [0.1, 0.15) is 5.69 Å². The van der Waals surface area contributed by atoms with Gasteiger partial charge >= 0.3 is 5.97 Å². The summed E-state index contributed by atoms with van der Waals surface area (Å²) in [7, 11) is 0. The Morgan fingerprint density at radius 3 is 2.86 bits per heavy atom. The smallest absolute Gasteiger partial charge is 0.357 e. The number of carbonyl (C=O) groups excluding carboxylic acids is 2. The molecule has 0 bridgehead atoms.